The molecule has 1 fully saturated rings. The number of nitrogens with zero attached hydrogens (tertiary/aromatic N) is 3. The minimum atomic E-state index is -0.0585. The van der Waals surface area contributed by atoms with Gasteiger partial charge in [-0.05, 0) is 24.8 Å². The summed E-state index contributed by atoms with van der Waals surface area (Å²) in [6, 6.07) is 10.1. The maximum atomic E-state index is 13.0. The second-order valence-corrected chi connectivity index (χ2v) is 6.76. The summed E-state index contributed by atoms with van der Waals surface area (Å²) >= 11 is 0. The molecule has 6 nitrogen and oxygen atoms in total. The van der Waals surface area contributed by atoms with Gasteiger partial charge in [-0.2, -0.15) is 4.98 Å². The number of methoxy groups -OCH3 is 1. The topological polar surface area (TPSA) is 68.5 Å². The molecule has 3 rings (SSSR count). The molecule has 2 heterocycles. The summed E-state index contributed by atoms with van der Waals surface area (Å²) < 4.78 is 10.5. The molecule has 1 aliphatic rings. The van der Waals surface area contributed by atoms with Gasteiger partial charge in [0.1, 0.15) is 0 Å². The van der Waals surface area contributed by atoms with Crippen LogP contribution in [0.2, 0.25) is 0 Å². The maximum Gasteiger partial charge on any atom is 0.230 e. The first-order chi connectivity index (χ1) is 12.7. The van der Waals surface area contributed by atoms with Gasteiger partial charge in [-0.1, -0.05) is 42.4 Å². The molecule has 1 atom stereocenters. The molecule has 1 saturated heterocycles. The Kier molecular flexibility index (Phi) is 6.39. The fraction of sp³-hybridized carbons (Fsp3) is 0.550. The molecule has 1 aliphatic heterocycles. The van der Waals surface area contributed by atoms with Crippen LogP contribution >= 0.6 is 0 Å². The average molecular weight is 357 g/mol. The van der Waals surface area contributed by atoms with Gasteiger partial charge in [0.05, 0.1) is 12.5 Å². The largest absolute Gasteiger partial charge is 0.384 e. The maximum absolute atomic E-state index is 13.0. The predicted molar refractivity (Wildman–Crippen MR) is 97.9 cm³/mol. The molecule has 0 N–H and O–H groups in total. The van der Waals surface area contributed by atoms with E-state index in [0.29, 0.717) is 24.7 Å². The monoisotopic (exact) mass is 357 g/mol. The van der Waals surface area contributed by atoms with Crippen LogP contribution in [-0.2, 0) is 16.0 Å². The van der Waals surface area contributed by atoms with Crippen molar-refractivity contribution < 1.29 is 14.1 Å². The highest BCUT2D eigenvalue weighted by atomic mass is 16.5. The number of hydrogen-bond donors (Lipinski definition) is 0. The standard InChI is InChI=1S/C20H27N3O3/c1-3-17(15-7-5-4-6-8-15)20(24)23-12-9-16(10-13-23)19-21-18(22-26-19)11-14-25-2/h4-8,16-17H,3,9-14H2,1-2H3/t17-/m0/s1. The first kappa shape index (κ1) is 18.6. The van der Waals surface area contributed by atoms with Crippen LogP contribution in [0.4, 0.5) is 0 Å². The van der Waals surface area contributed by atoms with Crippen LogP contribution in [0.25, 0.3) is 0 Å². The van der Waals surface area contributed by atoms with Crippen molar-refractivity contribution in [2.24, 2.45) is 0 Å². The summed E-state index contributed by atoms with van der Waals surface area (Å²) in [5, 5.41) is 4.02. The highest BCUT2D eigenvalue weighted by molar-refractivity contribution is 5.83. The van der Waals surface area contributed by atoms with Gasteiger partial charge in [-0.3, -0.25) is 4.79 Å². The van der Waals surface area contributed by atoms with Crippen molar-refractivity contribution in [3.05, 3.63) is 47.6 Å². The van der Waals surface area contributed by atoms with Crippen LogP contribution in [0.15, 0.2) is 34.9 Å². The van der Waals surface area contributed by atoms with E-state index in [1.54, 1.807) is 7.11 Å². The molecular weight excluding hydrogens is 330 g/mol. The number of piperidine rings is 1. The van der Waals surface area contributed by atoms with Crippen LogP contribution in [0.5, 0.6) is 0 Å². The summed E-state index contributed by atoms with van der Waals surface area (Å²) in [5.74, 6) is 1.79. The summed E-state index contributed by atoms with van der Waals surface area (Å²) in [6.45, 7) is 4.14. The molecule has 0 radical (unpaired) electrons. The van der Waals surface area contributed by atoms with E-state index in [4.69, 9.17) is 9.26 Å². The number of benzene rings is 1. The van der Waals surface area contributed by atoms with Crippen LogP contribution < -0.4 is 0 Å². The zero-order chi connectivity index (χ0) is 18.4. The molecule has 0 aliphatic carbocycles. The van der Waals surface area contributed by atoms with E-state index in [1.807, 2.05) is 35.2 Å². The number of carbonyl (C=O) groups excluding carboxylic acids is 1. The molecule has 0 unspecified atom stereocenters. The van der Waals surface area contributed by atoms with Crippen molar-refractivity contribution in [2.75, 3.05) is 26.8 Å². The first-order valence-electron chi connectivity index (χ1n) is 9.38. The number of aromatic nitrogens is 2. The molecular formula is C20H27N3O3. The molecule has 26 heavy (non-hydrogen) atoms. The van der Waals surface area contributed by atoms with Gasteiger partial charge >= 0.3 is 0 Å². The smallest absolute Gasteiger partial charge is 0.230 e. The second kappa shape index (κ2) is 8.94. The highest BCUT2D eigenvalue weighted by Gasteiger charge is 2.30. The van der Waals surface area contributed by atoms with E-state index in [0.717, 1.165) is 37.9 Å². The van der Waals surface area contributed by atoms with Gasteiger partial charge < -0.3 is 14.2 Å². The Morgan fingerprint density at radius 2 is 2.04 bits per heavy atom. The van der Waals surface area contributed by atoms with Crippen molar-refractivity contribution in [3.63, 3.8) is 0 Å². The number of rotatable bonds is 7. The van der Waals surface area contributed by atoms with Crippen LogP contribution in [-0.4, -0.2) is 47.8 Å². The molecule has 1 aromatic heterocycles. The van der Waals surface area contributed by atoms with E-state index in [1.165, 1.54) is 0 Å². The molecule has 0 bridgehead atoms. The van der Waals surface area contributed by atoms with Gasteiger partial charge in [0.15, 0.2) is 5.82 Å². The van der Waals surface area contributed by atoms with Crippen molar-refractivity contribution >= 4 is 5.91 Å². The SMILES string of the molecule is CC[C@H](C(=O)N1CCC(c2nc(CCOC)no2)CC1)c1ccccc1. The summed E-state index contributed by atoms with van der Waals surface area (Å²) in [4.78, 5) is 19.4. The minimum absolute atomic E-state index is 0.0585. The Labute approximate surface area is 154 Å². The Morgan fingerprint density at radius 3 is 2.69 bits per heavy atom. The summed E-state index contributed by atoms with van der Waals surface area (Å²) in [5.41, 5.74) is 1.10. The lowest BCUT2D eigenvalue weighted by molar-refractivity contribution is -0.134. The lowest BCUT2D eigenvalue weighted by atomic mass is 9.92. The predicted octanol–water partition coefficient (Wildman–Crippen LogP) is 3.16. The molecule has 2 aromatic rings. The lowest BCUT2D eigenvalue weighted by Crippen LogP contribution is -2.40. The third-order valence-corrected chi connectivity index (χ3v) is 5.08. The average Bonchev–Trinajstić information content (AvgIpc) is 3.17. The number of carbonyl (C=O) groups is 1. The van der Waals surface area contributed by atoms with Gasteiger partial charge in [-0.25, -0.2) is 0 Å². The zero-order valence-corrected chi connectivity index (χ0v) is 15.6. The third kappa shape index (κ3) is 4.30. The molecule has 0 saturated carbocycles. The van der Waals surface area contributed by atoms with Gasteiger partial charge in [-0.15, -0.1) is 0 Å². The van der Waals surface area contributed by atoms with E-state index in [2.05, 4.69) is 17.1 Å². The fourth-order valence-corrected chi connectivity index (χ4v) is 3.53. The Hall–Kier alpha value is -2.21. The van der Waals surface area contributed by atoms with E-state index in [9.17, 15) is 4.79 Å². The Balaban J connectivity index is 1.57. The molecule has 0 spiro atoms. The number of ether oxygens (including phenoxy) is 1. The molecule has 1 amide bonds. The van der Waals surface area contributed by atoms with E-state index >= 15 is 0 Å². The quantitative estimate of drug-likeness (QED) is 0.761. The van der Waals surface area contributed by atoms with Crippen molar-refractivity contribution in [1.82, 2.24) is 15.0 Å². The Morgan fingerprint density at radius 1 is 1.31 bits per heavy atom. The minimum Gasteiger partial charge on any atom is -0.384 e. The van der Waals surface area contributed by atoms with Crippen molar-refractivity contribution in [2.45, 2.75) is 44.4 Å². The highest BCUT2D eigenvalue weighted by Crippen LogP contribution is 2.30. The van der Waals surface area contributed by atoms with Gasteiger partial charge in [0.2, 0.25) is 11.8 Å². The van der Waals surface area contributed by atoms with Gasteiger partial charge in [0, 0.05) is 32.5 Å². The van der Waals surface area contributed by atoms with Gasteiger partial charge in [0.25, 0.3) is 0 Å². The summed E-state index contributed by atoms with van der Waals surface area (Å²) in [7, 11) is 1.66. The number of likely N-dealkylation sites (tertiary alicyclic amines) is 1. The van der Waals surface area contributed by atoms with Crippen LogP contribution in [0.3, 0.4) is 0 Å². The fourth-order valence-electron chi connectivity index (χ4n) is 3.53. The zero-order valence-electron chi connectivity index (χ0n) is 15.6. The molecule has 6 heteroatoms. The van der Waals surface area contributed by atoms with Crippen molar-refractivity contribution in [3.8, 4) is 0 Å². The first-order valence-corrected chi connectivity index (χ1v) is 9.38. The van der Waals surface area contributed by atoms with Crippen molar-refractivity contribution in [1.29, 1.82) is 0 Å². The normalized spacial score (nSPS) is 16.6. The van der Waals surface area contributed by atoms with E-state index < -0.39 is 0 Å². The molecule has 1 aromatic carbocycles. The Bertz CT molecular complexity index is 693. The summed E-state index contributed by atoms with van der Waals surface area (Å²) in [6.07, 6.45) is 3.20. The third-order valence-electron chi connectivity index (χ3n) is 5.08. The van der Waals surface area contributed by atoms with Crippen LogP contribution in [0, 0.1) is 0 Å². The van der Waals surface area contributed by atoms with Crippen LogP contribution in [0.1, 0.15) is 55.3 Å². The number of amides is 1. The number of hydrogen-bond acceptors (Lipinski definition) is 5. The van der Waals surface area contributed by atoms with E-state index in [-0.39, 0.29) is 17.7 Å². The second-order valence-electron chi connectivity index (χ2n) is 6.76. The lowest BCUT2D eigenvalue weighted by Gasteiger charge is -2.33. The molecule has 140 valence electrons.